The van der Waals surface area contributed by atoms with E-state index in [1.165, 1.54) is 0 Å². The van der Waals surface area contributed by atoms with Crippen LogP contribution in [-0.2, 0) is 0 Å². The molecule has 0 atom stereocenters. The van der Waals surface area contributed by atoms with Gasteiger partial charge in [0.1, 0.15) is 0 Å². The lowest BCUT2D eigenvalue weighted by Crippen LogP contribution is -2.06. The minimum Gasteiger partial charge on any atom is -0.397 e. The molecule has 14 heavy (non-hydrogen) atoms. The fraction of sp³-hybridized carbons (Fsp3) is 0.300. The number of hydrogen-bond acceptors (Lipinski definition) is 3. The van der Waals surface area contributed by atoms with Crippen LogP contribution >= 0.6 is 0 Å². The van der Waals surface area contributed by atoms with E-state index < -0.39 is 0 Å². The van der Waals surface area contributed by atoms with E-state index in [2.05, 4.69) is 18.8 Å². The third-order valence-electron chi connectivity index (χ3n) is 2.29. The minimum absolute atomic E-state index is 0.268. The van der Waals surface area contributed by atoms with Gasteiger partial charge in [-0.05, 0) is 26.0 Å². The summed E-state index contributed by atoms with van der Waals surface area (Å²) < 4.78 is 1.95. The highest BCUT2D eigenvalue weighted by Crippen LogP contribution is 2.26. The number of benzene rings is 1. The largest absolute Gasteiger partial charge is 0.397 e. The summed E-state index contributed by atoms with van der Waals surface area (Å²) in [5.41, 5.74) is 14.2. The number of hydrogen-bond donors (Lipinski definition) is 2. The molecule has 0 aliphatic carbocycles. The second-order valence-electron chi connectivity index (χ2n) is 3.65. The van der Waals surface area contributed by atoms with Crippen molar-refractivity contribution in [3.63, 3.8) is 0 Å². The predicted molar refractivity (Wildman–Crippen MR) is 58.9 cm³/mol. The molecular weight excluding hydrogens is 176 g/mol. The molecule has 4 nitrogen and oxygen atoms in total. The van der Waals surface area contributed by atoms with Gasteiger partial charge in [-0.3, -0.25) is 0 Å². The van der Waals surface area contributed by atoms with E-state index in [1.807, 2.05) is 22.8 Å². The summed E-state index contributed by atoms with van der Waals surface area (Å²) in [6, 6.07) is 5.93. The summed E-state index contributed by atoms with van der Waals surface area (Å²) >= 11 is 0. The van der Waals surface area contributed by atoms with E-state index in [0.717, 1.165) is 16.7 Å². The van der Waals surface area contributed by atoms with Gasteiger partial charge in [0.2, 0.25) is 5.95 Å². The van der Waals surface area contributed by atoms with Crippen molar-refractivity contribution in [2.75, 3.05) is 11.5 Å². The molecule has 0 amide bonds. The summed E-state index contributed by atoms with van der Waals surface area (Å²) in [5, 5.41) is 0. The Balaban J connectivity index is 2.86. The van der Waals surface area contributed by atoms with Crippen LogP contribution in [0.2, 0.25) is 0 Å². The van der Waals surface area contributed by atoms with E-state index in [1.54, 1.807) is 0 Å². The Hall–Kier alpha value is -1.71. The average Bonchev–Trinajstić information content (AvgIpc) is 2.42. The highest BCUT2D eigenvalue weighted by Gasteiger charge is 2.12. The summed E-state index contributed by atoms with van der Waals surface area (Å²) in [6.45, 7) is 4.12. The number of nitrogens with two attached hydrogens (primary N) is 2. The molecular formula is C10H14N4. The van der Waals surface area contributed by atoms with Gasteiger partial charge in [0.15, 0.2) is 0 Å². The molecule has 0 saturated carbocycles. The van der Waals surface area contributed by atoms with Crippen LogP contribution in [0.3, 0.4) is 0 Å². The number of imidazole rings is 1. The zero-order valence-corrected chi connectivity index (χ0v) is 8.36. The third-order valence-corrected chi connectivity index (χ3v) is 2.29. The molecule has 0 unspecified atom stereocenters. The van der Waals surface area contributed by atoms with Crippen molar-refractivity contribution in [3.05, 3.63) is 18.2 Å². The second kappa shape index (κ2) is 2.90. The first-order chi connectivity index (χ1) is 6.61. The van der Waals surface area contributed by atoms with Crippen molar-refractivity contribution >= 4 is 22.7 Å². The molecule has 0 bridgehead atoms. The van der Waals surface area contributed by atoms with Gasteiger partial charge in [0.05, 0.1) is 16.7 Å². The summed E-state index contributed by atoms with van der Waals surface area (Å²) in [5.74, 6) is 0.521. The van der Waals surface area contributed by atoms with Crippen molar-refractivity contribution in [1.29, 1.82) is 0 Å². The first-order valence-corrected chi connectivity index (χ1v) is 4.63. The van der Waals surface area contributed by atoms with E-state index in [9.17, 15) is 0 Å². The zero-order valence-electron chi connectivity index (χ0n) is 8.36. The molecule has 2 rings (SSSR count). The van der Waals surface area contributed by atoms with Crippen LogP contribution in [0.1, 0.15) is 19.9 Å². The molecule has 74 valence electrons. The lowest BCUT2D eigenvalue weighted by atomic mass is 10.2. The van der Waals surface area contributed by atoms with Crippen molar-refractivity contribution in [2.24, 2.45) is 0 Å². The predicted octanol–water partition coefficient (Wildman–Crippen LogP) is 1.78. The molecule has 0 aliphatic heterocycles. The Morgan fingerprint density at radius 2 is 2.00 bits per heavy atom. The van der Waals surface area contributed by atoms with Crippen LogP contribution in [0.5, 0.6) is 0 Å². The minimum atomic E-state index is 0.268. The summed E-state index contributed by atoms with van der Waals surface area (Å²) in [4.78, 5) is 4.26. The van der Waals surface area contributed by atoms with Gasteiger partial charge < -0.3 is 16.0 Å². The molecule has 1 aromatic carbocycles. The normalized spacial score (nSPS) is 11.4. The zero-order chi connectivity index (χ0) is 10.3. The van der Waals surface area contributed by atoms with Gasteiger partial charge in [-0.2, -0.15) is 0 Å². The lowest BCUT2D eigenvalue weighted by molar-refractivity contribution is 0.627. The Morgan fingerprint density at radius 1 is 1.29 bits per heavy atom. The maximum Gasteiger partial charge on any atom is 0.201 e. The molecule has 2 aromatic rings. The van der Waals surface area contributed by atoms with E-state index in [0.29, 0.717) is 5.95 Å². The Morgan fingerprint density at radius 3 is 2.64 bits per heavy atom. The lowest BCUT2D eigenvalue weighted by Gasteiger charge is -2.11. The standard InChI is InChI=1S/C10H14N4/c1-6(2)14-9-7(11)4-3-5-8(9)13-10(14)12/h3-6H,11H2,1-2H3,(H2,12,13). The van der Waals surface area contributed by atoms with Gasteiger partial charge in [-0.15, -0.1) is 0 Å². The van der Waals surface area contributed by atoms with Gasteiger partial charge >= 0.3 is 0 Å². The van der Waals surface area contributed by atoms with Crippen LogP contribution in [-0.4, -0.2) is 9.55 Å². The topological polar surface area (TPSA) is 69.9 Å². The van der Waals surface area contributed by atoms with Gasteiger partial charge in [0, 0.05) is 6.04 Å². The quantitative estimate of drug-likeness (QED) is 0.673. The number of rotatable bonds is 1. The smallest absolute Gasteiger partial charge is 0.201 e. The van der Waals surface area contributed by atoms with E-state index in [-0.39, 0.29) is 6.04 Å². The van der Waals surface area contributed by atoms with Crippen molar-refractivity contribution in [2.45, 2.75) is 19.9 Å². The first-order valence-electron chi connectivity index (χ1n) is 4.63. The average molecular weight is 190 g/mol. The molecule has 0 radical (unpaired) electrons. The number of fused-ring (bicyclic) bond motifs is 1. The highest BCUT2D eigenvalue weighted by atomic mass is 15.2. The van der Waals surface area contributed by atoms with Crippen molar-refractivity contribution in [1.82, 2.24) is 9.55 Å². The number of nitrogen functional groups attached to an aromatic ring is 2. The van der Waals surface area contributed by atoms with Gasteiger partial charge in [-0.25, -0.2) is 4.98 Å². The van der Waals surface area contributed by atoms with Crippen molar-refractivity contribution in [3.8, 4) is 0 Å². The van der Waals surface area contributed by atoms with Crippen LogP contribution in [0.15, 0.2) is 18.2 Å². The Bertz CT molecular complexity index is 470. The monoisotopic (exact) mass is 190 g/mol. The fourth-order valence-corrected chi connectivity index (χ4v) is 1.72. The van der Waals surface area contributed by atoms with Crippen LogP contribution in [0, 0.1) is 0 Å². The number of anilines is 2. The maximum atomic E-state index is 5.89. The van der Waals surface area contributed by atoms with Gasteiger partial charge in [0.25, 0.3) is 0 Å². The van der Waals surface area contributed by atoms with Gasteiger partial charge in [-0.1, -0.05) is 6.07 Å². The molecule has 0 saturated heterocycles. The molecule has 1 aromatic heterocycles. The SMILES string of the molecule is CC(C)n1c(N)nc2cccc(N)c21. The summed E-state index contributed by atoms with van der Waals surface area (Å²) in [6.07, 6.45) is 0. The molecule has 4 heteroatoms. The summed E-state index contributed by atoms with van der Waals surface area (Å²) in [7, 11) is 0. The van der Waals surface area contributed by atoms with E-state index in [4.69, 9.17) is 11.5 Å². The number of para-hydroxylation sites is 1. The van der Waals surface area contributed by atoms with Crippen molar-refractivity contribution < 1.29 is 0 Å². The van der Waals surface area contributed by atoms with Crippen LogP contribution < -0.4 is 11.5 Å². The van der Waals surface area contributed by atoms with Crippen LogP contribution in [0.25, 0.3) is 11.0 Å². The Labute approximate surface area is 82.5 Å². The number of nitrogens with zero attached hydrogens (tertiary/aromatic N) is 2. The molecule has 1 heterocycles. The molecule has 0 fully saturated rings. The number of aromatic nitrogens is 2. The molecule has 4 N–H and O–H groups in total. The van der Waals surface area contributed by atoms with Crippen LogP contribution in [0.4, 0.5) is 11.6 Å². The molecule has 0 aliphatic rings. The second-order valence-corrected chi connectivity index (χ2v) is 3.65. The third kappa shape index (κ3) is 1.11. The van der Waals surface area contributed by atoms with E-state index >= 15 is 0 Å². The fourth-order valence-electron chi connectivity index (χ4n) is 1.72. The Kier molecular flexibility index (Phi) is 1.84. The first kappa shape index (κ1) is 8.87. The highest BCUT2D eigenvalue weighted by molar-refractivity contribution is 5.89. The maximum absolute atomic E-state index is 5.89. The molecule has 0 spiro atoms.